The van der Waals surface area contributed by atoms with E-state index in [1.165, 1.54) is 6.42 Å². The second-order valence-corrected chi connectivity index (χ2v) is 2.60. The number of hydrogen-bond donors (Lipinski definition) is 2. The largest absolute Gasteiger partial charge is 0.317 e. The maximum atomic E-state index is 3.36. The zero-order valence-electron chi connectivity index (χ0n) is 7.41. The minimum absolute atomic E-state index is 0.657. The van der Waals surface area contributed by atoms with Gasteiger partial charge in [0, 0.05) is 6.04 Å². The van der Waals surface area contributed by atoms with Crippen molar-refractivity contribution in [2.45, 2.75) is 33.2 Å². The lowest BCUT2D eigenvalue weighted by Crippen LogP contribution is -2.29. The normalized spacial score (nSPS) is 13.5. The molecule has 62 valence electrons. The fraction of sp³-hybridized carbons (Fsp3) is 1.00. The maximum Gasteiger partial charge on any atom is 0.00506 e. The molecule has 0 amide bonds. The van der Waals surface area contributed by atoms with Gasteiger partial charge in [0.2, 0.25) is 0 Å². The third kappa shape index (κ3) is 6.05. The molecule has 0 rings (SSSR count). The molecule has 0 saturated carbocycles. The SMILES string of the molecule is CCNCC[C@H](C)NCC. The summed E-state index contributed by atoms with van der Waals surface area (Å²) in [7, 11) is 0. The van der Waals surface area contributed by atoms with Crippen LogP contribution in [-0.2, 0) is 0 Å². The molecule has 0 aliphatic rings. The average molecular weight is 144 g/mol. The van der Waals surface area contributed by atoms with E-state index in [4.69, 9.17) is 0 Å². The molecule has 0 fully saturated rings. The van der Waals surface area contributed by atoms with Gasteiger partial charge < -0.3 is 10.6 Å². The molecule has 0 radical (unpaired) electrons. The Hall–Kier alpha value is -0.0800. The van der Waals surface area contributed by atoms with Crippen LogP contribution in [-0.4, -0.2) is 25.7 Å². The van der Waals surface area contributed by atoms with Crippen LogP contribution in [0.25, 0.3) is 0 Å². The number of hydrogen-bond acceptors (Lipinski definition) is 2. The summed E-state index contributed by atoms with van der Waals surface area (Å²) in [4.78, 5) is 0. The zero-order valence-corrected chi connectivity index (χ0v) is 7.41. The fourth-order valence-electron chi connectivity index (χ4n) is 0.946. The van der Waals surface area contributed by atoms with E-state index in [0.29, 0.717) is 6.04 Å². The van der Waals surface area contributed by atoms with Gasteiger partial charge in [0.1, 0.15) is 0 Å². The van der Waals surface area contributed by atoms with Gasteiger partial charge in [-0.25, -0.2) is 0 Å². The summed E-state index contributed by atoms with van der Waals surface area (Å²) in [5, 5.41) is 6.66. The van der Waals surface area contributed by atoms with Crippen molar-refractivity contribution in [3.05, 3.63) is 0 Å². The van der Waals surface area contributed by atoms with E-state index in [1.54, 1.807) is 0 Å². The maximum absolute atomic E-state index is 3.36. The monoisotopic (exact) mass is 144 g/mol. The Bertz CT molecular complexity index is 64.3. The van der Waals surface area contributed by atoms with Crippen molar-refractivity contribution in [1.29, 1.82) is 0 Å². The zero-order chi connectivity index (χ0) is 7.82. The first-order valence-corrected chi connectivity index (χ1v) is 4.25. The van der Waals surface area contributed by atoms with E-state index in [2.05, 4.69) is 31.4 Å². The lowest BCUT2D eigenvalue weighted by molar-refractivity contribution is 0.509. The Balaban J connectivity index is 2.97. The van der Waals surface area contributed by atoms with Crippen LogP contribution in [0.5, 0.6) is 0 Å². The summed E-state index contributed by atoms with van der Waals surface area (Å²) in [6.07, 6.45) is 1.22. The molecule has 0 aromatic heterocycles. The van der Waals surface area contributed by atoms with Crippen LogP contribution in [0, 0.1) is 0 Å². The summed E-state index contributed by atoms with van der Waals surface area (Å²) in [6.45, 7) is 9.79. The summed E-state index contributed by atoms with van der Waals surface area (Å²) in [5.41, 5.74) is 0. The van der Waals surface area contributed by atoms with Crippen molar-refractivity contribution < 1.29 is 0 Å². The minimum atomic E-state index is 0.657. The first-order chi connectivity index (χ1) is 4.81. The molecule has 0 saturated heterocycles. The molecular weight excluding hydrogens is 124 g/mol. The van der Waals surface area contributed by atoms with Gasteiger partial charge in [-0.1, -0.05) is 13.8 Å². The molecule has 0 aromatic carbocycles. The molecule has 2 heteroatoms. The molecule has 0 bridgehead atoms. The van der Waals surface area contributed by atoms with Crippen molar-refractivity contribution in [2.24, 2.45) is 0 Å². The van der Waals surface area contributed by atoms with Gasteiger partial charge in [0.05, 0.1) is 0 Å². The van der Waals surface area contributed by atoms with E-state index in [1.807, 2.05) is 0 Å². The van der Waals surface area contributed by atoms with Crippen LogP contribution in [0.1, 0.15) is 27.2 Å². The molecule has 0 aliphatic heterocycles. The van der Waals surface area contributed by atoms with E-state index in [9.17, 15) is 0 Å². The Kier molecular flexibility index (Phi) is 6.98. The van der Waals surface area contributed by atoms with Crippen molar-refractivity contribution in [3.8, 4) is 0 Å². The number of nitrogens with one attached hydrogen (secondary N) is 2. The Morgan fingerprint density at radius 1 is 1.20 bits per heavy atom. The molecule has 0 aromatic rings. The topological polar surface area (TPSA) is 24.1 Å². The quantitative estimate of drug-likeness (QED) is 0.543. The van der Waals surface area contributed by atoms with Crippen LogP contribution in [0.3, 0.4) is 0 Å². The summed E-state index contributed by atoms with van der Waals surface area (Å²) >= 11 is 0. The molecule has 10 heavy (non-hydrogen) atoms. The van der Waals surface area contributed by atoms with Crippen LogP contribution in [0.15, 0.2) is 0 Å². The van der Waals surface area contributed by atoms with Gasteiger partial charge in [-0.2, -0.15) is 0 Å². The lowest BCUT2D eigenvalue weighted by Gasteiger charge is -2.11. The van der Waals surface area contributed by atoms with Crippen molar-refractivity contribution in [3.63, 3.8) is 0 Å². The van der Waals surface area contributed by atoms with Gasteiger partial charge in [-0.15, -0.1) is 0 Å². The first kappa shape index (κ1) is 9.92. The minimum Gasteiger partial charge on any atom is -0.317 e. The standard InChI is InChI=1S/C8H20N2/c1-4-9-7-6-8(3)10-5-2/h8-10H,4-7H2,1-3H3/t8-/m0/s1. The summed E-state index contributed by atoms with van der Waals surface area (Å²) in [6, 6.07) is 0.657. The van der Waals surface area contributed by atoms with Gasteiger partial charge >= 0.3 is 0 Å². The Morgan fingerprint density at radius 2 is 1.90 bits per heavy atom. The third-order valence-corrected chi connectivity index (χ3v) is 1.56. The summed E-state index contributed by atoms with van der Waals surface area (Å²) in [5.74, 6) is 0. The van der Waals surface area contributed by atoms with Gasteiger partial charge in [-0.3, -0.25) is 0 Å². The molecule has 0 unspecified atom stereocenters. The van der Waals surface area contributed by atoms with E-state index < -0.39 is 0 Å². The second-order valence-electron chi connectivity index (χ2n) is 2.60. The van der Waals surface area contributed by atoms with Crippen LogP contribution < -0.4 is 10.6 Å². The highest BCUT2D eigenvalue weighted by molar-refractivity contribution is 4.59. The first-order valence-electron chi connectivity index (χ1n) is 4.25. The molecule has 0 heterocycles. The molecule has 1 atom stereocenters. The predicted molar refractivity (Wildman–Crippen MR) is 46.3 cm³/mol. The Labute approximate surface area is 64.4 Å². The van der Waals surface area contributed by atoms with E-state index >= 15 is 0 Å². The fourth-order valence-corrected chi connectivity index (χ4v) is 0.946. The highest BCUT2D eigenvalue weighted by Crippen LogP contribution is 1.86. The average Bonchev–Trinajstić information content (AvgIpc) is 1.89. The van der Waals surface area contributed by atoms with Gasteiger partial charge in [0.25, 0.3) is 0 Å². The second kappa shape index (κ2) is 7.03. The van der Waals surface area contributed by atoms with Crippen LogP contribution >= 0.6 is 0 Å². The predicted octanol–water partition coefficient (Wildman–Crippen LogP) is 0.984. The lowest BCUT2D eigenvalue weighted by atomic mass is 10.2. The highest BCUT2D eigenvalue weighted by atomic mass is 14.9. The Morgan fingerprint density at radius 3 is 2.40 bits per heavy atom. The molecular formula is C8H20N2. The van der Waals surface area contributed by atoms with Crippen molar-refractivity contribution in [2.75, 3.05) is 19.6 Å². The highest BCUT2D eigenvalue weighted by Gasteiger charge is 1.96. The van der Waals surface area contributed by atoms with E-state index in [0.717, 1.165) is 19.6 Å². The van der Waals surface area contributed by atoms with Crippen LogP contribution in [0.2, 0.25) is 0 Å². The van der Waals surface area contributed by atoms with E-state index in [-0.39, 0.29) is 0 Å². The van der Waals surface area contributed by atoms with Crippen LogP contribution in [0.4, 0.5) is 0 Å². The number of rotatable bonds is 6. The smallest absolute Gasteiger partial charge is 0.00506 e. The molecule has 0 spiro atoms. The van der Waals surface area contributed by atoms with Gasteiger partial charge in [0.15, 0.2) is 0 Å². The third-order valence-electron chi connectivity index (χ3n) is 1.56. The molecule has 0 aliphatic carbocycles. The molecule has 2 nitrogen and oxygen atoms in total. The van der Waals surface area contributed by atoms with Gasteiger partial charge in [-0.05, 0) is 33.0 Å². The van der Waals surface area contributed by atoms with Crippen molar-refractivity contribution in [1.82, 2.24) is 10.6 Å². The summed E-state index contributed by atoms with van der Waals surface area (Å²) < 4.78 is 0. The van der Waals surface area contributed by atoms with Crippen molar-refractivity contribution >= 4 is 0 Å². The molecule has 2 N–H and O–H groups in total.